The van der Waals surface area contributed by atoms with Gasteiger partial charge in [0.1, 0.15) is 0 Å². The molecule has 0 spiro atoms. The van der Waals surface area contributed by atoms with E-state index in [1.54, 1.807) is 0 Å². The van der Waals surface area contributed by atoms with Crippen LogP contribution in [0.2, 0.25) is 0 Å². The van der Waals surface area contributed by atoms with E-state index in [4.69, 9.17) is 4.84 Å². The summed E-state index contributed by atoms with van der Waals surface area (Å²) in [5.41, 5.74) is 2.53. The summed E-state index contributed by atoms with van der Waals surface area (Å²) in [7, 11) is 0. The summed E-state index contributed by atoms with van der Waals surface area (Å²) in [4.78, 5) is 17.1. The summed E-state index contributed by atoms with van der Waals surface area (Å²) in [6.45, 7) is 2.21. The van der Waals surface area contributed by atoms with Crippen molar-refractivity contribution < 1.29 is 9.63 Å². The van der Waals surface area contributed by atoms with Crippen molar-refractivity contribution in [2.75, 3.05) is 0 Å². The van der Waals surface area contributed by atoms with Crippen molar-refractivity contribution >= 4 is 5.91 Å². The van der Waals surface area contributed by atoms with Crippen LogP contribution < -0.4 is 10.3 Å². The van der Waals surface area contributed by atoms with Crippen molar-refractivity contribution in [2.24, 2.45) is 11.8 Å². The van der Waals surface area contributed by atoms with Crippen LogP contribution in [0.4, 0.5) is 0 Å². The molecule has 108 valence electrons. The monoisotopic (exact) mass is 273 g/mol. The van der Waals surface area contributed by atoms with E-state index in [9.17, 15) is 4.79 Å². The molecule has 0 saturated heterocycles. The van der Waals surface area contributed by atoms with E-state index in [1.165, 1.54) is 19.3 Å². The van der Waals surface area contributed by atoms with Crippen molar-refractivity contribution in [1.82, 2.24) is 5.48 Å². The maximum Gasteiger partial charge on any atom is 0.256 e. The Morgan fingerprint density at radius 1 is 1.35 bits per heavy atom. The number of rotatable bonds is 8. The molecule has 0 heterocycles. The maximum atomic E-state index is 11.9. The first-order valence-electron chi connectivity index (χ1n) is 7.49. The topological polar surface area (TPSA) is 38.3 Å². The first kappa shape index (κ1) is 14.6. The fraction of sp³-hybridized carbons (Fsp3) is 0.471. The summed E-state index contributed by atoms with van der Waals surface area (Å²) < 4.78 is 0. The number of amides is 1. The van der Waals surface area contributed by atoms with Crippen molar-refractivity contribution in [3.63, 3.8) is 0 Å². The predicted octanol–water partition coefficient (Wildman–Crippen LogP) is 3.87. The largest absolute Gasteiger partial charge is 0.380 e. The van der Waals surface area contributed by atoms with Gasteiger partial charge in [-0.05, 0) is 37.3 Å². The van der Waals surface area contributed by atoms with Crippen LogP contribution in [-0.4, -0.2) is 5.91 Å². The Labute approximate surface area is 121 Å². The molecule has 0 unspecified atom stereocenters. The fourth-order valence-corrected chi connectivity index (χ4v) is 2.19. The van der Waals surface area contributed by atoms with Gasteiger partial charge in [-0.25, -0.2) is 0 Å². The Hall–Kier alpha value is -1.77. The minimum atomic E-state index is -0.0166. The molecule has 1 fully saturated rings. The molecule has 0 radical (unpaired) electrons. The van der Waals surface area contributed by atoms with Gasteiger partial charge < -0.3 is 4.84 Å². The number of hydrogen-bond donors (Lipinski definition) is 1. The zero-order chi connectivity index (χ0) is 14.2. The number of benzene rings is 1. The van der Waals surface area contributed by atoms with E-state index < -0.39 is 0 Å². The molecular weight excluding hydrogens is 250 g/mol. The summed E-state index contributed by atoms with van der Waals surface area (Å²) in [6, 6.07) is 9.30. The van der Waals surface area contributed by atoms with Gasteiger partial charge in [-0.3, -0.25) is 4.79 Å². The predicted molar refractivity (Wildman–Crippen MR) is 80.1 cm³/mol. The van der Waals surface area contributed by atoms with E-state index in [1.807, 2.05) is 30.3 Å². The molecule has 3 heteroatoms. The quantitative estimate of drug-likeness (QED) is 0.443. The van der Waals surface area contributed by atoms with Crippen LogP contribution in [0, 0.1) is 11.8 Å². The lowest BCUT2D eigenvalue weighted by Crippen LogP contribution is -2.28. The number of para-hydroxylation sites is 1. The highest BCUT2D eigenvalue weighted by Crippen LogP contribution is 2.39. The van der Waals surface area contributed by atoms with Crippen molar-refractivity contribution in [1.29, 1.82) is 0 Å². The highest BCUT2D eigenvalue weighted by Gasteiger charge is 2.41. The molecule has 0 aromatic heterocycles. The second-order valence-corrected chi connectivity index (χ2v) is 5.31. The zero-order valence-corrected chi connectivity index (χ0v) is 12.0. The molecule has 1 N–H and O–H groups in total. The van der Waals surface area contributed by atoms with E-state index in [-0.39, 0.29) is 11.8 Å². The van der Waals surface area contributed by atoms with Crippen molar-refractivity contribution in [3.05, 3.63) is 42.5 Å². The van der Waals surface area contributed by atoms with Crippen LogP contribution in [0.15, 0.2) is 42.5 Å². The van der Waals surface area contributed by atoms with Gasteiger partial charge >= 0.3 is 0 Å². The Kier molecular flexibility index (Phi) is 5.66. The fourth-order valence-electron chi connectivity index (χ4n) is 2.19. The van der Waals surface area contributed by atoms with Crippen LogP contribution in [0.1, 0.15) is 39.0 Å². The van der Waals surface area contributed by atoms with Crippen LogP contribution in [0.3, 0.4) is 0 Å². The van der Waals surface area contributed by atoms with E-state index in [2.05, 4.69) is 24.6 Å². The van der Waals surface area contributed by atoms with Crippen LogP contribution in [0.5, 0.6) is 5.75 Å². The summed E-state index contributed by atoms with van der Waals surface area (Å²) in [6.07, 6.45) is 10.2. The van der Waals surface area contributed by atoms with E-state index in [0.29, 0.717) is 11.7 Å². The Bertz CT molecular complexity index is 442. The summed E-state index contributed by atoms with van der Waals surface area (Å²) >= 11 is 0. The second-order valence-electron chi connectivity index (χ2n) is 5.31. The molecule has 1 aromatic carbocycles. The van der Waals surface area contributed by atoms with Gasteiger partial charge in [-0.1, -0.05) is 50.1 Å². The van der Waals surface area contributed by atoms with E-state index >= 15 is 0 Å². The highest BCUT2D eigenvalue weighted by atomic mass is 16.7. The lowest BCUT2D eigenvalue weighted by Gasteiger charge is -2.05. The molecule has 20 heavy (non-hydrogen) atoms. The third-order valence-corrected chi connectivity index (χ3v) is 3.55. The number of nitrogens with one attached hydrogen (secondary N) is 1. The van der Waals surface area contributed by atoms with Gasteiger partial charge in [0.25, 0.3) is 5.91 Å². The Morgan fingerprint density at radius 2 is 2.15 bits per heavy atom. The standard InChI is InChI=1S/C17H23NO2/c1-2-3-4-5-7-10-14-13-16(14)17(19)18-20-15-11-8-6-9-12-15/h6-12,14,16H,2-5,13H2,1H3,(H,18,19)/b10-7-/t14-,16+/m1/s1. The highest BCUT2D eigenvalue weighted by molar-refractivity contribution is 5.81. The molecular formula is C17H23NO2. The van der Waals surface area contributed by atoms with Gasteiger partial charge in [0.05, 0.1) is 0 Å². The molecule has 3 nitrogen and oxygen atoms in total. The van der Waals surface area contributed by atoms with Crippen molar-refractivity contribution in [3.8, 4) is 5.75 Å². The molecule has 1 aliphatic rings. The van der Waals surface area contributed by atoms with Crippen LogP contribution in [0.25, 0.3) is 0 Å². The van der Waals surface area contributed by atoms with E-state index in [0.717, 1.165) is 12.8 Å². The lowest BCUT2D eigenvalue weighted by atomic mass is 10.2. The van der Waals surface area contributed by atoms with Gasteiger partial charge in [-0.15, -0.1) is 0 Å². The molecule has 0 aliphatic heterocycles. The molecule has 1 aromatic rings. The summed E-state index contributed by atoms with van der Waals surface area (Å²) in [5, 5.41) is 0. The maximum absolute atomic E-state index is 11.9. The average molecular weight is 273 g/mol. The molecule has 1 amide bonds. The first-order chi connectivity index (χ1) is 9.81. The molecule has 1 aliphatic carbocycles. The zero-order valence-electron chi connectivity index (χ0n) is 12.0. The van der Waals surface area contributed by atoms with Gasteiger partial charge in [0.15, 0.2) is 5.75 Å². The smallest absolute Gasteiger partial charge is 0.256 e. The van der Waals surface area contributed by atoms with Crippen LogP contribution >= 0.6 is 0 Å². The number of carbonyl (C=O) groups excluding carboxylic acids is 1. The van der Waals surface area contributed by atoms with Gasteiger partial charge in [-0.2, -0.15) is 5.48 Å². The third kappa shape index (κ3) is 4.72. The van der Waals surface area contributed by atoms with Crippen molar-refractivity contribution in [2.45, 2.75) is 39.0 Å². The molecule has 2 rings (SSSR count). The van der Waals surface area contributed by atoms with Gasteiger partial charge in [0, 0.05) is 5.92 Å². The number of unbranched alkanes of at least 4 members (excludes halogenated alkanes) is 3. The number of allylic oxidation sites excluding steroid dienone is 2. The average Bonchev–Trinajstić information content (AvgIpc) is 3.25. The van der Waals surface area contributed by atoms with Gasteiger partial charge in [0.2, 0.25) is 0 Å². The third-order valence-electron chi connectivity index (χ3n) is 3.55. The lowest BCUT2D eigenvalue weighted by molar-refractivity contribution is -0.129. The number of hydroxylamine groups is 1. The molecule has 1 saturated carbocycles. The number of carbonyl (C=O) groups is 1. The minimum Gasteiger partial charge on any atom is -0.380 e. The normalized spacial score (nSPS) is 20.9. The first-order valence-corrected chi connectivity index (χ1v) is 7.49. The van der Waals surface area contributed by atoms with Crippen LogP contribution in [-0.2, 0) is 4.79 Å². The summed E-state index contributed by atoms with van der Waals surface area (Å²) in [5.74, 6) is 1.13. The SMILES string of the molecule is CCCCC/C=C\[C@@H]1C[C@@H]1C(=O)NOc1ccccc1. The Balaban J connectivity index is 1.63. The molecule has 2 atom stereocenters. The molecule has 0 bridgehead atoms. The minimum absolute atomic E-state index is 0.0166. The second kappa shape index (κ2) is 7.73. The number of hydrogen-bond acceptors (Lipinski definition) is 2. The Morgan fingerprint density at radius 3 is 2.90 bits per heavy atom.